The maximum atomic E-state index is 12.5. The number of carboxylic acid groups (broad SMARTS) is 1. The van der Waals surface area contributed by atoms with E-state index in [1.807, 2.05) is 24.3 Å². The zero-order valence-electron chi connectivity index (χ0n) is 15.6. The molecule has 2 aromatic carbocycles. The molecule has 0 aromatic heterocycles. The molecule has 2 saturated carbocycles. The van der Waals surface area contributed by atoms with Crippen LogP contribution in [0.15, 0.2) is 48.5 Å². The van der Waals surface area contributed by atoms with Gasteiger partial charge in [-0.25, -0.2) is 9.59 Å². The van der Waals surface area contributed by atoms with Gasteiger partial charge in [-0.05, 0) is 46.9 Å². The van der Waals surface area contributed by atoms with Crippen LogP contribution in [0.5, 0.6) is 0 Å². The van der Waals surface area contributed by atoms with Gasteiger partial charge in [0.1, 0.15) is 12.1 Å². The highest BCUT2D eigenvalue weighted by molar-refractivity contribution is 5.89. The molecule has 28 heavy (non-hydrogen) atoms. The minimum atomic E-state index is -1.13. The van der Waals surface area contributed by atoms with Crippen LogP contribution in [0.2, 0.25) is 0 Å². The Morgan fingerprint density at radius 3 is 2.04 bits per heavy atom. The number of ether oxygens (including phenoxy) is 1. The van der Waals surface area contributed by atoms with Gasteiger partial charge in [-0.2, -0.15) is 0 Å². The van der Waals surface area contributed by atoms with Gasteiger partial charge in [0.2, 0.25) is 0 Å². The molecule has 0 aliphatic heterocycles. The molecule has 2 atom stereocenters. The number of rotatable bonds is 4. The van der Waals surface area contributed by atoms with Crippen molar-refractivity contribution in [2.45, 2.75) is 37.1 Å². The van der Waals surface area contributed by atoms with E-state index in [1.54, 1.807) is 0 Å². The summed E-state index contributed by atoms with van der Waals surface area (Å²) in [5, 5.41) is 12.5. The number of carbonyl (C=O) groups excluding carboxylic acids is 1. The molecule has 0 saturated heterocycles. The SMILES string of the molecule is O=C(NC1(C(=O)O)C2CCCCC21)OCC1c2ccccc2-c2ccccc21. The third-order valence-electron chi connectivity index (χ3n) is 6.83. The van der Waals surface area contributed by atoms with Gasteiger partial charge in [0.15, 0.2) is 0 Å². The van der Waals surface area contributed by atoms with Crippen LogP contribution < -0.4 is 5.32 Å². The van der Waals surface area contributed by atoms with Gasteiger partial charge in [0.25, 0.3) is 0 Å². The summed E-state index contributed by atoms with van der Waals surface area (Å²) in [6, 6.07) is 16.3. The molecule has 2 N–H and O–H groups in total. The molecule has 5 rings (SSSR count). The van der Waals surface area contributed by atoms with Crippen LogP contribution >= 0.6 is 0 Å². The first-order valence-corrected chi connectivity index (χ1v) is 9.99. The number of carboxylic acids is 1. The van der Waals surface area contributed by atoms with Crippen molar-refractivity contribution in [3.05, 3.63) is 59.7 Å². The zero-order chi connectivity index (χ0) is 19.3. The Balaban J connectivity index is 1.32. The number of nitrogens with one attached hydrogen (secondary N) is 1. The van der Waals surface area contributed by atoms with Crippen molar-refractivity contribution in [1.82, 2.24) is 5.32 Å². The van der Waals surface area contributed by atoms with Gasteiger partial charge in [-0.15, -0.1) is 0 Å². The molecule has 2 aromatic rings. The number of fused-ring (bicyclic) bond motifs is 4. The minimum Gasteiger partial charge on any atom is -0.479 e. The molecule has 3 aliphatic carbocycles. The molecule has 3 aliphatic rings. The predicted molar refractivity (Wildman–Crippen MR) is 104 cm³/mol. The molecule has 2 fully saturated rings. The van der Waals surface area contributed by atoms with Crippen LogP contribution in [0.3, 0.4) is 0 Å². The average Bonchev–Trinajstić information content (AvgIpc) is 3.25. The average molecular weight is 377 g/mol. The minimum absolute atomic E-state index is 0.0274. The van der Waals surface area contributed by atoms with Crippen molar-refractivity contribution in [2.75, 3.05) is 6.61 Å². The van der Waals surface area contributed by atoms with E-state index in [0.29, 0.717) is 0 Å². The number of benzene rings is 2. The first-order valence-electron chi connectivity index (χ1n) is 9.99. The highest BCUT2D eigenvalue weighted by Gasteiger charge is 2.71. The Hall–Kier alpha value is -2.82. The van der Waals surface area contributed by atoms with Crippen LogP contribution in [-0.4, -0.2) is 29.3 Å². The molecule has 0 bridgehead atoms. The summed E-state index contributed by atoms with van der Waals surface area (Å²) < 4.78 is 5.56. The maximum Gasteiger partial charge on any atom is 0.408 e. The van der Waals surface area contributed by atoms with Crippen LogP contribution in [0.4, 0.5) is 4.79 Å². The number of alkyl carbamates (subject to hydrolysis) is 1. The second-order valence-corrected chi connectivity index (χ2v) is 8.12. The van der Waals surface area contributed by atoms with Crippen LogP contribution in [0.25, 0.3) is 11.1 Å². The monoisotopic (exact) mass is 377 g/mol. The standard InChI is InChI=1S/C23H23NO4/c25-21(26)23(19-11-5-6-12-20(19)23)24-22(27)28-13-18-16-9-3-1-7-14(16)15-8-2-4-10-17(15)18/h1-4,7-10,18-20H,5-6,11-13H2,(H,24,27)(H,25,26). The Morgan fingerprint density at radius 1 is 0.964 bits per heavy atom. The molecule has 0 heterocycles. The fourth-order valence-electron chi connectivity index (χ4n) is 5.48. The van der Waals surface area contributed by atoms with Gasteiger partial charge in [-0.3, -0.25) is 0 Å². The fourth-order valence-corrected chi connectivity index (χ4v) is 5.48. The summed E-state index contributed by atoms with van der Waals surface area (Å²) in [7, 11) is 0. The Bertz CT molecular complexity index is 896. The van der Waals surface area contributed by atoms with E-state index in [2.05, 4.69) is 29.6 Å². The van der Waals surface area contributed by atoms with Gasteiger partial charge in [-0.1, -0.05) is 61.4 Å². The van der Waals surface area contributed by atoms with E-state index in [-0.39, 0.29) is 24.4 Å². The van der Waals surface area contributed by atoms with Gasteiger partial charge >= 0.3 is 12.1 Å². The lowest BCUT2D eigenvalue weighted by Gasteiger charge is -2.18. The van der Waals surface area contributed by atoms with Crippen molar-refractivity contribution >= 4 is 12.1 Å². The lowest BCUT2D eigenvalue weighted by molar-refractivity contribution is -0.141. The van der Waals surface area contributed by atoms with E-state index in [4.69, 9.17) is 4.74 Å². The number of aliphatic carboxylic acids is 1. The number of hydrogen-bond donors (Lipinski definition) is 2. The first-order chi connectivity index (χ1) is 13.6. The Morgan fingerprint density at radius 2 is 1.50 bits per heavy atom. The molecule has 0 spiro atoms. The summed E-state index contributed by atoms with van der Waals surface area (Å²) in [5.74, 6) is -0.878. The number of amides is 1. The number of hydrogen-bond acceptors (Lipinski definition) is 3. The third kappa shape index (κ3) is 2.45. The van der Waals surface area contributed by atoms with Gasteiger partial charge in [0, 0.05) is 5.92 Å². The molecule has 5 nitrogen and oxygen atoms in total. The highest BCUT2D eigenvalue weighted by Crippen LogP contribution is 2.58. The molecular formula is C23H23NO4. The zero-order valence-corrected chi connectivity index (χ0v) is 15.6. The van der Waals surface area contributed by atoms with Crippen molar-refractivity contribution in [2.24, 2.45) is 11.8 Å². The van der Waals surface area contributed by atoms with Crippen LogP contribution in [0.1, 0.15) is 42.7 Å². The van der Waals surface area contributed by atoms with E-state index in [1.165, 1.54) is 11.1 Å². The summed E-state index contributed by atoms with van der Waals surface area (Å²) in [5.41, 5.74) is 3.50. The Kier molecular flexibility index (Phi) is 3.93. The molecular weight excluding hydrogens is 354 g/mol. The van der Waals surface area contributed by atoms with Gasteiger partial charge in [0.05, 0.1) is 0 Å². The van der Waals surface area contributed by atoms with Crippen molar-refractivity contribution in [1.29, 1.82) is 0 Å². The summed E-state index contributed by atoms with van der Waals surface area (Å²) in [4.78, 5) is 24.4. The highest BCUT2D eigenvalue weighted by atomic mass is 16.5. The third-order valence-corrected chi connectivity index (χ3v) is 6.83. The topological polar surface area (TPSA) is 75.6 Å². The molecule has 144 valence electrons. The predicted octanol–water partition coefficient (Wildman–Crippen LogP) is 4.17. The number of carbonyl (C=O) groups is 2. The first kappa shape index (κ1) is 17.3. The molecule has 2 unspecified atom stereocenters. The van der Waals surface area contributed by atoms with Crippen molar-refractivity contribution in [3.8, 4) is 11.1 Å². The van der Waals surface area contributed by atoms with E-state index < -0.39 is 17.6 Å². The maximum absolute atomic E-state index is 12.5. The fraction of sp³-hybridized carbons (Fsp3) is 0.391. The summed E-state index contributed by atoms with van der Waals surface area (Å²) in [6.07, 6.45) is 3.16. The Labute approximate surface area is 163 Å². The van der Waals surface area contributed by atoms with E-state index >= 15 is 0 Å². The molecule has 0 radical (unpaired) electrons. The van der Waals surface area contributed by atoms with Crippen molar-refractivity contribution < 1.29 is 19.4 Å². The smallest absolute Gasteiger partial charge is 0.408 e. The summed E-state index contributed by atoms with van der Waals surface area (Å²) in [6.45, 7) is 0.199. The molecule has 5 heteroatoms. The van der Waals surface area contributed by atoms with E-state index in [0.717, 1.165) is 36.8 Å². The second-order valence-electron chi connectivity index (χ2n) is 8.12. The molecule has 1 amide bonds. The summed E-state index contributed by atoms with van der Waals surface area (Å²) >= 11 is 0. The lowest BCUT2D eigenvalue weighted by atomic mass is 9.98. The van der Waals surface area contributed by atoms with Crippen molar-refractivity contribution in [3.63, 3.8) is 0 Å². The van der Waals surface area contributed by atoms with Crippen LogP contribution in [-0.2, 0) is 9.53 Å². The largest absolute Gasteiger partial charge is 0.479 e. The quantitative estimate of drug-likeness (QED) is 0.839. The van der Waals surface area contributed by atoms with E-state index in [9.17, 15) is 14.7 Å². The normalized spacial score (nSPS) is 27.3. The second kappa shape index (κ2) is 6.36. The van der Waals surface area contributed by atoms with Crippen LogP contribution in [0, 0.1) is 11.8 Å². The van der Waals surface area contributed by atoms with Gasteiger partial charge < -0.3 is 15.2 Å². The lowest BCUT2D eigenvalue weighted by Crippen LogP contribution is -2.46.